The summed E-state index contributed by atoms with van der Waals surface area (Å²) in [5.74, 6) is -0.380. The molecule has 5 heteroatoms. The Bertz CT molecular complexity index is 626. The topological polar surface area (TPSA) is 61.5 Å². The number of halogens is 1. The summed E-state index contributed by atoms with van der Waals surface area (Å²) in [5, 5.41) is 0. The summed E-state index contributed by atoms with van der Waals surface area (Å²) in [6.07, 6.45) is 0.560. The molecule has 2 aromatic rings. The fourth-order valence-electron chi connectivity index (χ4n) is 1.84. The normalized spacial score (nSPS) is 10.2. The second-order valence-corrected chi connectivity index (χ2v) is 4.47. The minimum atomic E-state index is -0.625. The number of nitrogen functional groups attached to an aromatic ring is 1. The van der Waals surface area contributed by atoms with Crippen molar-refractivity contribution in [2.45, 2.75) is 6.42 Å². The van der Waals surface area contributed by atoms with Crippen LogP contribution in [0.2, 0.25) is 0 Å². The zero-order valence-electron chi connectivity index (χ0n) is 11.6. The van der Waals surface area contributed by atoms with Gasteiger partial charge in [0.25, 0.3) is 0 Å². The van der Waals surface area contributed by atoms with Gasteiger partial charge in [0.15, 0.2) is 0 Å². The summed E-state index contributed by atoms with van der Waals surface area (Å²) in [6.45, 7) is 0.196. The van der Waals surface area contributed by atoms with Crippen LogP contribution in [0.5, 0.6) is 5.75 Å². The zero-order valence-corrected chi connectivity index (χ0v) is 11.6. The van der Waals surface area contributed by atoms with Gasteiger partial charge in [-0.15, -0.1) is 0 Å². The average molecular weight is 289 g/mol. The molecule has 0 radical (unpaired) electrons. The third-order valence-corrected chi connectivity index (χ3v) is 3.02. The van der Waals surface area contributed by atoms with Gasteiger partial charge in [0.2, 0.25) is 0 Å². The van der Waals surface area contributed by atoms with Gasteiger partial charge in [0.05, 0.1) is 19.3 Å². The Morgan fingerprint density at radius 2 is 1.90 bits per heavy atom. The van der Waals surface area contributed by atoms with E-state index in [-0.39, 0.29) is 17.9 Å². The number of ether oxygens (including phenoxy) is 2. The molecule has 0 saturated carbocycles. The monoisotopic (exact) mass is 289 g/mol. The van der Waals surface area contributed by atoms with Gasteiger partial charge in [-0.25, -0.2) is 9.18 Å². The number of carbonyl (C=O) groups excluding carboxylic acids is 1. The molecule has 0 aliphatic rings. The van der Waals surface area contributed by atoms with Crippen molar-refractivity contribution in [1.82, 2.24) is 0 Å². The highest BCUT2D eigenvalue weighted by Crippen LogP contribution is 2.15. The third kappa shape index (κ3) is 3.95. The van der Waals surface area contributed by atoms with Crippen molar-refractivity contribution in [3.8, 4) is 5.75 Å². The fraction of sp³-hybridized carbons (Fsp3) is 0.188. The number of methoxy groups -OCH3 is 1. The number of rotatable bonds is 5. The minimum Gasteiger partial charge on any atom is -0.497 e. The highest BCUT2D eigenvalue weighted by atomic mass is 19.1. The van der Waals surface area contributed by atoms with Gasteiger partial charge < -0.3 is 15.2 Å². The molecular formula is C16H16FNO3. The van der Waals surface area contributed by atoms with E-state index >= 15 is 0 Å². The molecule has 0 heterocycles. The zero-order chi connectivity index (χ0) is 15.2. The van der Waals surface area contributed by atoms with Crippen molar-refractivity contribution in [2.75, 3.05) is 19.5 Å². The summed E-state index contributed by atoms with van der Waals surface area (Å²) >= 11 is 0. The molecule has 0 saturated heterocycles. The lowest BCUT2D eigenvalue weighted by molar-refractivity contribution is 0.0510. The molecule has 0 unspecified atom stereocenters. The van der Waals surface area contributed by atoms with E-state index in [0.717, 1.165) is 17.4 Å². The van der Waals surface area contributed by atoms with Gasteiger partial charge in [0.1, 0.15) is 11.6 Å². The van der Waals surface area contributed by atoms with Crippen molar-refractivity contribution in [1.29, 1.82) is 0 Å². The Morgan fingerprint density at radius 1 is 1.19 bits per heavy atom. The van der Waals surface area contributed by atoms with E-state index in [1.165, 1.54) is 12.1 Å². The van der Waals surface area contributed by atoms with Gasteiger partial charge in [-0.2, -0.15) is 0 Å². The Labute approximate surface area is 122 Å². The second kappa shape index (κ2) is 6.74. The molecule has 2 aromatic carbocycles. The average Bonchev–Trinajstić information content (AvgIpc) is 2.50. The van der Waals surface area contributed by atoms with E-state index in [0.29, 0.717) is 6.42 Å². The van der Waals surface area contributed by atoms with Crippen molar-refractivity contribution < 1.29 is 18.7 Å². The molecule has 0 fully saturated rings. The Morgan fingerprint density at radius 3 is 2.57 bits per heavy atom. The third-order valence-electron chi connectivity index (χ3n) is 3.02. The van der Waals surface area contributed by atoms with Crippen molar-refractivity contribution in [3.05, 3.63) is 59.4 Å². The molecule has 21 heavy (non-hydrogen) atoms. The van der Waals surface area contributed by atoms with E-state index < -0.39 is 11.8 Å². The molecule has 0 atom stereocenters. The second-order valence-electron chi connectivity index (χ2n) is 4.47. The van der Waals surface area contributed by atoms with Crippen LogP contribution in [0, 0.1) is 5.82 Å². The molecule has 110 valence electrons. The molecule has 0 aromatic heterocycles. The Balaban J connectivity index is 1.90. The van der Waals surface area contributed by atoms with E-state index in [9.17, 15) is 9.18 Å². The first kappa shape index (κ1) is 14.8. The fourth-order valence-corrected chi connectivity index (χ4v) is 1.84. The van der Waals surface area contributed by atoms with E-state index in [1.807, 2.05) is 24.3 Å². The molecule has 0 aliphatic carbocycles. The molecule has 0 bridgehead atoms. The standard InChI is InChI=1S/C16H16FNO3/c1-20-13-5-2-11(3-6-13)8-9-21-16(19)14-10-12(17)4-7-15(14)18/h2-7,10H,8-9,18H2,1H3. The first-order chi connectivity index (χ1) is 10.1. The molecule has 2 rings (SSSR count). The molecule has 0 spiro atoms. The van der Waals surface area contributed by atoms with Crippen LogP contribution in [0.25, 0.3) is 0 Å². The first-order valence-electron chi connectivity index (χ1n) is 6.45. The maximum absolute atomic E-state index is 13.1. The van der Waals surface area contributed by atoms with Gasteiger partial charge in [-0.1, -0.05) is 12.1 Å². The Hall–Kier alpha value is -2.56. The van der Waals surface area contributed by atoms with Crippen molar-refractivity contribution >= 4 is 11.7 Å². The number of hydrogen-bond acceptors (Lipinski definition) is 4. The molecule has 0 aliphatic heterocycles. The lowest BCUT2D eigenvalue weighted by Crippen LogP contribution is -2.11. The number of esters is 1. The van der Waals surface area contributed by atoms with Crippen LogP contribution < -0.4 is 10.5 Å². The summed E-state index contributed by atoms with van der Waals surface area (Å²) < 4.78 is 23.3. The van der Waals surface area contributed by atoms with Gasteiger partial charge in [0, 0.05) is 12.1 Å². The number of benzene rings is 2. The summed E-state index contributed by atoms with van der Waals surface area (Å²) in [5.41, 5.74) is 6.88. The lowest BCUT2D eigenvalue weighted by Gasteiger charge is -2.07. The smallest absolute Gasteiger partial charge is 0.340 e. The molecular weight excluding hydrogens is 273 g/mol. The van der Waals surface area contributed by atoms with E-state index in [4.69, 9.17) is 15.2 Å². The lowest BCUT2D eigenvalue weighted by atomic mass is 10.1. The SMILES string of the molecule is COc1ccc(CCOC(=O)c2cc(F)ccc2N)cc1. The molecule has 4 nitrogen and oxygen atoms in total. The highest BCUT2D eigenvalue weighted by molar-refractivity contribution is 5.95. The van der Waals surface area contributed by atoms with Gasteiger partial charge in [-0.05, 0) is 35.9 Å². The maximum Gasteiger partial charge on any atom is 0.340 e. The van der Waals surface area contributed by atoms with Crippen molar-refractivity contribution in [3.63, 3.8) is 0 Å². The summed E-state index contributed by atoms with van der Waals surface area (Å²) in [6, 6.07) is 11.1. The number of carbonyl (C=O) groups is 1. The van der Waals surface area contributed by atoms with Crippen molar-refractivity contribution in [2.24, 2.45) is 0 Å². The van der Waals surface area contributed by atoms with Gasteiger partial charge >= 0.3 is 5.97 Å². The molecule has 0 amide bonds. The molecule has 2 N–H and O–H groups in total. The first-order valence-corrected chi connectivity index (χ1v) is 6.45. The van der Waals surface area contributed by atoms with Crippen LogP contribution >= 0.6 is 0 Å². The van der Waals surface area contributed by atoms with Crippen LogP contribution in [0.4, 0.5) is 10.1 Å². The van der Waals surface area contributed by atoms with Crippen LogP contribution in [0.1, 0.15) is 15.9 Å². The van der Waals surface area contributed by atoms with Crippen LogP contribution in [-0.2, 0) is 11.2 Å². The largest absolute Gasteiger partial charge is 0.497 e. The number of hydrogen-bond donors (Lipinski definition) is 1. The van der Waals surface area contributed by atoms with Crippen LogP contribution in [0.15, 0.2) is 42.5 Å². The predicted molar refractivity (Wildman–Crippen MR) is 77.8 cm³/mol. The van der Waals surface area contributed by atoms with E-state index in [2.05, 4.69) is 0 Å². The maximum atomic E-state index is 13.1. The summed E-state index contributed by atoms with van der Waals surface area (Å²) in [4.78, 5) is 11.8. The summed E-state index contributed by atoms with van der Waals surface area (Å²) in [7, 11) is 1.60. The quantitative estimate of drug-likeness (QED) is 0.679. The van der Waals surface area contributed by atoms with Crippen LogP contribution in [0.3, 0.4) is 0 Å². The van der Waals surface area contributed by atoms with Gasteiger partial charge in [-0.3, -0.25) is 0 Å². The predicted octanol–water partition coefficient (Wildman–Crippen LogP) is 2.82. The number of nitrogens with two attached hydrogens (primary N) is 1. The van der Waals surface area contributed by atoms with E-state index in [1.54, 1.807) is 7.11 Å². The Kier molecular flexibility index (Phi) is 4.77. The number of anilines is 1. The van der Waals surface area contributed by atoms with Crippen LogP contribution in [-0.4, -0.2) is 19.7 Å². The minimum absolute atomic E-state index is 0.0460. The highest BCUT2D eigenvalue weighted by Gasteiger charge is 2.12.